The van der Waals surface area contributed by atoms with E-state index in [0.29, 0.717) is 11.0 Å². The molecule has 0 atom stereocenters. The smallest absolute Gasteiger partial charge is 0.287 e. The summed E-state index contributed by atoms with van der Waals surface area (Å²) in [4.78, 5) is 23.8. The van der Waals surface area contributed by atoms with Crippen LogP contribution in [0.1, 0.15) is 16.4 Å². The molecule has 0 aliphatic carbocycles. The van der Waals surface area contributed by atoms with Crippen LogP contribution in [-0.2, 0) is 18.4 Å². The molecular weight excluding hydrogens is 392 g/mol. The highest BCUT2D eigenvalue weighted by Gasteiger charge is 2.14. The molecule has 146 valence electrons. The van der Waals surface area contributed by atoms with E-state index in [0.717, 1.165) is 23.9 Å². The third-order valence-corrected chi connectivity index (χ3v) is 4.63. The molecule has 0 unspecified atom stereocenters. The Morgan fingerprint density at radius 2 is 2.04 bits per heavy atom. The van der Waals surface area contributed by atoms with Crippen molar-refractivity contribution in [2.75, 3.05) is 11.1 Å². The second kappa shape index (κ2) is 8.65. The number of halogens is 2. The molecule has 2 heterocycles. The second-order valence-corrected chi connectivity index (χ2v) is 6.53. The van der Waals surface area contributed by atoms with Crippen LogP contribution in [0.5, 0.6) is 0 Å². The number of hydrogen-bond acceptors (Lipinski definition) is 6. The molecule has 11 heteroatoms. The van der Waals surface area contributed by atoms with Gasteiger partial charge in [-0.15, -0.1) is 10.2 Å². The summed E-state index contributed by atoms with van der Waals surface area (Å²) in [5, 5.41) is 13.5. The molecule has 8 nitrogen and oxygen atoms in total. The maximum atomic E-state index is 13.2. The lowest BCUT2D eigenvalue weighted by Gasteiger charge is -2.06. The Balaban J connectivity index is 1.51. The normalized spacial score (nSPS) is 10.7. The quantitative estimate of drug-likeness (QED) is 0.583. The van der Waals surface area contributed by atoms with Gasteiger partial charge in [-0.25, -0.2) is 8.78 Å². The van der Waals surface area contributed by atoms with Crippen molar-refractivity contribution in [2.45, 2.75) is 11.7 Å². The minimum atomic E-state index is -1.04. The van der Waals surface area contributed by atoms with E-state index in [1.54, 1.807) is 23.7 Å². The number of carbonyl (C=O) groups excluding carboxylic acids is 2. The van der Waals surface area contributed by atoms with Crippen LogP contribution < -0.4 is 10.6 Å². The van der Waals surface area contributed by atoms with Gasteiger partial charge in [-0.2, -0.15) is 0 Å². The van der Waals surface area contributed by atoms with Gasteiger partial charge >= 0.3 is 0 Å². The standard InChI is InChI=1S/C17H15F2N5O3S/c1-24-14(8-20-16(26)13-3-2-6-27-13)22-23-17(24)28-9-15(25)21-10-4-5-11(18)12(19)7-10/h2-7H,8-9H2,1H3,(H,20,26)(H,21,25). The van der Waals surface area contributed by atoms with Crippen LogP contribution in [-0.4, -0.2) is 32.3 Å². The van der Waals surface area contributed by atoms with Crippen molar-refractivity contribution in [3.8, 4) is 0 Å². The predicted molar refractivity (Wildman–Crippen MR) is 96.6 cm³/mol. The monoisotopic (exact) mass is 407 g/mol. The number of carbonyl (C=O) groups is 2. The first-order valence-corrected chi connectivity index (χ1v) is 9.00. The molecule has 0 fully saturated rings. The SMILES string of the molecule is Cn1c(CNC(=O)c2ccco2)nnc1SCC(=O)Nc1ccc(F)c(F)c1. The first-order valence-electron chi connectivity index (χ1n) is 8.01. The van der Waals surface area contributed by atoms with E-state index in [-0.39, 0.29) is 29.7 Å². The van der Waals surface area contributed by atoms with Crippen LogP contribution in [0, 0.1) is 11.6 Å². The van der Waals surface area contributed by atoms with E-state index in [9.17, 15) is 18.4 Å². The number of furan rings is 1. The van der Waals surface area contributed by atoms with Gasteiger partial charge in [0.25, 0.3) is 5.91 Å². The third kappa shape index (κ3) is 4.74. The molecule has 0 radical (unpaired) electrons. The molecule has 0 bridgehead atoms. The van der Waals surface area contributed by atoms with Crippen LogP contribution in [0.15, 0.2) is 46.2 Å². The van der Waals surface area contributed by atoms with E-state index >= 15 is 0 Å². The highest BCUT2D eigenvalue weighted by molar-refractivity contribution is 7.99. The van der Waals surface area contributed by atoms with Crippen molar-refractivity contribution in [2.24, 2.45) is 7.05 Å². The van der Waals surface area contributed by atoms with Crippen molar-refractivity contribution in [3.63, 3.8) is 0 Å². The fraction of sp³-hybridized carbons (Fsp3) is 0.176. The van der Waals surface area contributed by atoms with Crippen molar-refractivity contribution >= 4 is 29.3 Å². The Kier molecular flexibility index (Phi) is 6.04. The number of nitrogens with one attached hydrogen (secondary N) is 2. The summed E-state index contributed by atoms with van der Waals surface area (Å²) in [6.07, 6.45) is 1.40. The number of hydrogen-bond donors (Lipinski definition) is 2. The molecule has 2 amide bonds. The summed E-state index contributed by atoms with van der Waals surface area (Å²) in [5.41, 5.74) is 0.156. The average Bonchev–Trinajstić information content (AvgIpc) is 3.32. The van der Waals surface area contributed by atoms with Gasteiger partial charge < -0.3 is 19.6 Å². The third-order valence-electron chi connectivity index (χ3n) is 3.61. The van der Waals surface area contributed by atoms with Crippen LogP contribution in [0.3, 0.4) is 0 Å². The van der Waals surface area contributed by atoms with Crippen LogP contribution in [0.25, 0.3) is 0 Å². The van der Waals surface area contributed by atoms with E-state index in [2.05, 4.69) is 20.8 Å². The Labute approximate surface area is 162 Å². The summed E-state index contributed by atoms with van der Waals surface area (Å²) >= 11 is 1.11. The first-order chi connectivity index (χ1) is 13.4. The number of anilines is 1. The van der Waals surface area contributed by atoms with Gasteiger partial charge in [0.05, 0.1) is 18.6 Å². The first kappa shape index (κ1) is 19.5. The van der Waals surface area contributed by atoms with Gasteiger partial charge in [0, 0.05) is 18.8 Å². The molecule has 0 saturated carbocycles. The molecule has 0 aliphatic rings. The Morgan fingerprint density at radius 3 is 2.75 bits per heavy atom. The molecule has 28 heavy (non-hydrogen) atoms. The Hall–Kier alpha value is -3.21. The fourth-order valence-electron chi connectivity index (χ4n) is 2.18. The maximum absolute atomic E-state index is 13.2. The van der Waals surface area contributed by atoms with Gasteiger partial charge in [0.1, 0.15) is 0 Å². The molecule has 2 aromatic heterocycles. The lowest BCUT2D eigenvalue weighted by molar-refractivity contribution is -0.113. The predicted octanol–water partition coefficient (Wildman–Crippen LogP) is 2.35. The zero-order valence-corrected chi connectivity index (χ0v) is 15.4. The number of nitrogens with zero attached hydrogens (tertiary/aromatic N) is 3. The second-order valence-electron chi connectivity index (χ2n) is 5.58. The van der Waals surface area contributed by atoms with Crippen LogP contribution >= 0.6 is 11.8 Å². The van der Waals surface area contributed by atoms with Crippen molar-refractivity contribution in [1.29, 1.82) is 0 Å². The molecule has 3 rings (SSSR count). The highest BCUT2D eigenvalue weighted by atomic mass is 32.2. The number of benzene rings is 1. The summed E-state index contributed by atoms with van der Waals surface area (Å²) in [7, 11) is 1.70. The summed E-state index contributed by atoms with van der Waals surface area (Å²) in [6, 6.07) is 6.25. The lowest BCUT2D eigenvalue weighted by Crippen LogP contribution is -2.24. The van der Waals surface area contributed by atoms with E-state index in [4.69, 9.17) is 4.42 Å². The molecule has 0 spiro atoms. The lowest BCUT2D eigenvalue weighted by atomic mass is 10.3. The maximum Gasteiger partial charge on any atom is 0.287 e. The number of amides is 2. The molecule has 1 aromatic carbocycles. The summed E-state index contributed by atoms with van der Waals surface area (Å²) in [6.45, 7) is 0.130. The van der Waals surface area contributed by atoms with Gasteiger partial charge in [-0.3, -0.25) is 9.59 Å². The average molecular weight is 407 g/mol. The number of thioether (sulfide) groups is 1. The molecular formula is C17H15F2N5O3S. The minimum absolute atomic E-state index is 0.0102. The number of aromatic nitrogens is 3. The number of rotatable bonds is 7. The zero-order chi connectivity index (χ0) is 20.1. The molecule has 3 aromatic rings. The van der Waals surface area contributed by atoms with Crippen LogP contribution in [0.4, 0.5) is 14.5 Å². The van der Waals surface area contributed by atoms with Gasteiger partial charge in [0.2, 0.25) is 5.91 Å². The van der Waals surface area contributed by atoms with E-state index in [1.165, 1.54) is 12.3 Å². The topological polar surface area (TPSA) is 102 Å². The largest absolute Gasteiger partial charge is 0.459 e. The molecule has 2 N–H and O–H groups in total. The van der Waals surface area contributed by atoms with Crippen LogP contribution in [0.2, 0.25) is 0 Å². The molecule has 0 saturated heterocycles. The van der Waals surface area contributed by atoms with Crippen molar-refractivity contribution in [3.05, 3.63) is 59.8 Å². The zero-order valence-electron chi connectivity index (χ0n) is 14.6. The Bertz CT molecular complexity index is 991. The Morgan fingerprint density at radius 1 is 1.21 bits per heavy atom. The minimum Gasteiger partial charge on any atom is -0.459 e. The highest BCUT2D eigenvalue weighted by Crippen LogP contribution is 2.17. The van der Waals surface area contributed by atoms with Gasteiger partial charge in [-0.1, -0.05) is 11.8 Å². The van der Waals surface area contributed by atoms with Gasteiger partial charge in [-0.05, 0) is 24.3 Å². The van der Waals surface area contributed by atoms with Crippen molar-refractivity contribution in [1.82, 2.24) is 20.1 Å². The fourth-order valence-corrected chi connectivity index (χ4v) is 2.91. The molecule has 0 aliphatic heterocycles. The summed E-state index contributed by atoms with van der Waals surface area (Å²) in [5.74, 6) is -2.16. The van der Waals surface area contributed by atoms with Crippen molar-refractivity contribution < 1.29 is 22.8 Å². The van der Waals surface area contributed by atoms with Gasteiger partial charge in [0.15, 0.2) is 28.4 Å². The summed E-state index contributed by atoms with van der Waals surface area (Å²) < 4.78 is 32.7. The van der Waals surface area contributed by atoms with E-state index < -0.39 is 17.5 Å². The van der Waals surface area contributed by atoms with E-state index in [1.807, 2.05) is 0 Å².